The van der Waals surface area contributed by atoms with Crippen LogP contribution in [0.4, 0.5) is 10.1 Å². The number of para-hydroxylation sites is 1. The Morgan fingerprint density at radius 1 is 1.25 bits per heavy atom. The Morgan fingerprint density at radius 2 is 1.95 bits per heavy atom. The van der Waals surface area contributed by atoms with E-state index in [-0.39, 0.29) is 23.0 Å². The fourth-order valence-corrected chi connectivity index (χ4v) is 4.63. The van der Waals surface area contributed by atoms with Crippen molar-refractivity contribution in [3.05, 3.63) is 47.1 Å². The molecular formula is C13H14FNO3S2. The molecule has 2 aromatic rings. The number of hydrogen-bond donors (Lipinski definition) is 1. The van der Waals surface area contributed by atoms with Crippen LogP contribution in [0.5, 0.6) is 0 Å². The smallest absolute Gasteiger partial charge is 0.273 e. The highest BCUT2D eigenvalue weighted by atomic mass is 32.2. The molecule has 2 rings (SSSR count). The summed E-state index contributed by atoms with van der Waals surface area (Å²) in [7, 11) is -3.82. The zero-order valence-electron chi connectivity index (χ0n) is 10.8. The molecule has 1 aromatic carbocycles. The predicted octanol–water partition coefficient (Wildman–Crippen LogP) is 2.59. The first-order chi connectivity index (χ1) is 9.50. The average molecular weight is 315 g/mol. The van der Waals surface area contributed by atoms with Gasteiger partial charge >= 0.3 is 0 Å². The lowest BCUT2D eigenvalue weighted by molar-refractivity contribution is 0.285. The number of sulfonamides is 1. The molecule has 0 saturated carbocycles. The van der Waals surface area contributed by atoms with Gasteiger partial charge in [0.1, 0.15) is 10.0 Å². The van der Waals surface area contributed by atoms with Gasteiger partial charge in [0.15, 0.2) is 0 Å². The number of hydrogen-bond acceptors (Lipinski definition) is 4. The average Bonchev–Trinajstić information content (AvgIpc) is 2.91. The molecule has 1 N–H and O–H groups in total. The third kappa shape index (κ3) is 2.70. The maximum absolute atomic E-state index is 13.8. The number of rotatable bonds is 5. The van der Waals surface area contributed by atoms with Crippen molar-refractivity contribution in [2.45, 2.75) is 17.7 Å². The van der Waals surface area contributed by atoms with Gasteiger partial charge in [-0.3, -0.25) is 4.31 Å². The van der Waals surface area contributed by atoms with E-state index < -0.39 is 15.8 Å². The van der Waals surface area contributed by atoms with Crippen molar-refractivity contribution in [1.29, 1.82) is 0 Å². The van der Waals surface area contributed by atoms with Crippen molar-refractivity contribution >= 4 is 27.0 Å². The molecular weight excluding hydrogens is 301 g/mol. The SMILES string of the molecule is CCN(c1ccccc1F)S(=O)(=O)c1ccc(CO)s1. The molecule has 4 nitrogen and oxygen atoms in total. The molecule has 1 aromatic heterocycles. The first-order valence-corrected chi connectivity index (χ1v) is 8.23. The normalized spacial score (nSPS) is 11.6. The standard InChI is InChI=1S/C13H14FNO3S2/c1-2-15(12-6-4-3-5-11(12)14)20(17,18)13-8-7-10(9-16)19-13/h3-8,16H,2,9H2,1H3. The summed E-state index contributed by atoms with van der Waals surface area (Å²) in [4.78, 5) is 0.549. The molecule has 0 aliphatic carbocycles. The van der Waals surface area contributed by atoms with Crippen molar-refractivity contribution in [2.24, 2.45) is 0 Å². The van der Waals surface area contributed by atoms with Crippen LogP contribution in [0, 0.1) is 5.82 Å². The number of thiophene rings is 1. The van der Waals surface area contributed by atoms with Gasteiger partial charge in [0, 0.05) is 11.4 Å². The van der Waals surface area contributed by atoms with Crippen LogP contribution in [0.2, 0.25) is 0 Å². The molecule has 20 heavy (non-hydrogen) atoms. The Morgan fingerprint density at radius 3 is 2.50 bits per heavy atom. The number of benzene rings is 1. The van der Waals surface area contributed by atoms with E-state index in [2.05, 4.69) is 0 Å². The van der Waals surface area contributed by atoms with Crippen LogP contribution in [-0.2, 0) is 16.6 Å². The Hall–Kier alpha value is -1.44. The third-order valence-corrected chi connectivity index (χ3v) is 6.17. The number of aliphatic hydroxyl groups excluding tert-OH is 1. The van der Waals surface area contributed by atoms with Crippen LogP contribution in [-0.4, -0.2) is 20.1 Å². The van der Waals surface area contributed by atoms with Gasteiger partial charge in [-0.1, -0.05) is 12.1 Å². The minimum atomic E-state index is -3.82. The lowest BCUT2D eigenvalue weighted by Crippen LogP contribution is -2.30. The van der Waals surface area contributed by atoms with Gasteiger partial charge in [-0.2, -0.15) is 0 Å². The Kier molecular flexibility index (Phi) is 4.42. The largest absolute Gasteiger partial charge is 0.391 e. The summed E-state index contributed by atoms with van der Waals surface area (Å²) in [6.45, 7) is 1.55. The molecule has 0 unspecified atom stereocenters. The molecule has 0 aliphatic heterocycles. The lowest BCUT2D eigenvalue weighted by atomic mass is 10.3. The number of halogens is 1. The van der Waals surface area contributed by atoms with E-state index in [9.17, 15) is 12.8 Å². The number of aliphatic hydroxyl groups is 1. The summed E-state index contributed by atoms with van der Waals surface area (Å²) in [6.07, 6.45) is 0. The number of anilines is 1. The summed E-state index contributed by atoms with van der Waals surface area (Å²) < 4.78 is 40.0. The fraction of sp³-hybridized carbons (Fsp3) is 0.231. The Labute approximate surface area is 121 Å². The summed E-state index contributed by atoms with van der Waals surface area (Å²) in [6, 6.07) is 8.72. The predicted molar refractivity (Wildman–Crippen MR) is 76.8 cm³/mol. The van der Waals surface area contributed by atoms with Crippen LogP contribution in [0.25, 0.3) is 0 Å². The van der Waals surface area contributed by atoms with Gasteiger partial charge in [0.2, 0.25) is 0 Å². The van der Waals surface area contributed by atoms with Crippen molar-refractivity contribution in [1.82, 2.24) is 0 Å². The topological polar surface area (TPSA) is 57.6 Å². The molecule has 0 radical (unpaired) electrons. The molecule has 1 heterocycles. The van der Waals surface area contributed by atoms with E-state index in [1.54, 1.807) is 19.1 Å². The maximum Gasteiger partial charge on any atom is 0.273 e. The highest BCUT2D eigenvalue weighted by molar-refractivity contribution is 7.94. The van der Waals surface area contributed by atoms with E-state index in [1.165, 1.54) is 24.3 Å². The van der Waals surface area contributed by atoms with Crippen LogP contribution < -0.4 is 4.31 Å². The van der Waals surface area contributed by atoms with E-state index in [0.29, 0.717) is 4.88 Å². The van der Waals surface area contributed by atoms with Gasteiger partial charge in [0.05, 0.1) is 12.3 Å². The van der Waals surface area contributed by atoms with E-state index in [0.717, 1.165) is 15.6 Å². The van der Waals surface area contributed by atoms with Gasteiger partial charge in [-0.05, 0) is 31.2 Å². The highest BCUT2D eigenvalue weighted by Crippen LogP contribution is 2.29. The Bertz CT molecular complexity index is 697. The van der Waals surface area contributed by atoms with Crippen molar-refractivity contribution in [2.75, 3.05) is 10.8 Å². The summed E-state index contributed by atoms with van der Waals surface area (Å²) in [5, 5.41) is 9.02. The van der Waals surface area contributed by atoms with Crippen LogP contribution in [0.15, 0.2) is 40.6 Å². The lowest BCUT2D eigenvalue weighted by Gasteiger charge is -2.22. The molecule has 0 amide bonds. The summed E-state index contributed by atoms with van der Waals surface area (Å²) in [5.74, 6) is -0.586. The van der Waals surface area contributed by atoms with Gasteiger partial charge in [0.25, 0.3) is 10.0 Å². The van der Waals surface area contributed by atoms with Crippen molar-refractivity contribution in [3.8, 4) is 0 Å². The van der Waals surface area contributed by atoms with Gasteiger partial charge < -0.3 is 5.11 Å². The fourth-order valence-electron chi connectivity index (χ4n) is 1.81. The third-order valence-electron chi connectivity index (χ3n) is 2.75. The van der Waals surface area contributed by atoms with E-state index in [1.807, 2.05) is 0 Å². The zero-order chi connectivity index (χ0) is 14.8. The first kappa shape index (κ1) is 15.0. The molecule has 0 bridgehead atoms. The molecule has 0 aliphatic rings. The van der Waals surface area contributed by atoms with Gasteiger partial charge in [-0.15, -0.1) is 11.3 Å². The number of nitrogens with zero attached hydrogens (tertiary/aromatic N) is 1. The molecule has 0 fully saturated rings. The van der Waals surface area contributed by atoms with E-state index >= 15 is 0 Å². The molecule has 7 heteroatoms. The van der Waals surface area contributed by atoms with Crippen LogP contribution >= 0.6 is 11.3 Å². The first-order valence-electron chi connectivity index (χ1n) is 5.97. The minimum absolute atomic E-state index is 0.0222. The molecule has 0 spiro atoms. The summed E-state index contributed by atoms with van der Waals surface area (Å²) >= 11 is 0.982. The second-order valence-electron chi connectivity index (χ2n) is 4.00. The molecule has 0 atom stereocenters. The van der Waals surface area contributed by atoms with Crippen molar-refractivity contribution in [3.63, 3.8) is 0 Å². The van der Waals surface area contributed by atoms with Crippen LogP contribution in [0.1, 0.15) is 11.8 Å². The quantitative estimate of drug-likeness (QED) is 0.922. The van der Waals surface area contributed by atoms with Gasteiger partial charge in [-0.25, -0.2) is 12.8 Å². The maximum atomic E-state index is 13.8. The second-order valence-corrected chi connectivity index (χ2v) is 7.26. The molecule has 0 saturated heterocycles. The van der Waals surface area contributed by atoms with Crippen LogP contribution in [0.3, 0.4) is 0 Å². The summed E-state index contributed by atoms with van der Waals surface area (Å²) in [5.41, 5.74) is 0.0222. The Balaban J connectivity index is 2.48. The highest BCUT2D eigenvalue weighted by Gasteiger charge is 2.27. The monoisotopic (exact) mass is 315 g/mol. The van der Waals surface area contributed by atoms with E-state index in [4.69, 9.17) is 5.11 Å². The second kappa shape index (κ2) is 5.90. The zero-order valence-corrected chi connectivity index (χ0v) is 12.4. The minimum Gasteiger partial charge on any atom is -0.391 e. The molecule has 108 valence electrons. The van der Waals surface area contributed by atoms with Crippen molar-refractivity contribution < 1.29 is 17.9 Å².